The molecule has 1 aliphatic carbocycles. The largest absolute Gasteiger partial charge is 0.337 e. The lowest BCUT2D eigenvalue weighted by Gasteiger charge is -2.27. The minimum absolute atomic E-state index is 0.0594. The number of hydrogen-bond donors (Lipinski definition) is 1. The maximum atomic E-state index is 12.7. The van der Waals surface area contributed by atoms with Crippen molar-refractivity contribution in [1.29, 1.82) is 0 Å². The fourth-order valence-electron chi connectivity index (χ4n) is 2.58. The maximum absolute atomic E-state index is 12.7. The Bertz CT molecular complexity index is 450. The number of carbonyl (C=O) groups excluding carboxylic acids is 1. The summed E-state index contributed by atoms with van der Waals surface area (Å²) in [7, 11) is 1.96. The van der Waals surface area contributed by atoms with Crippen LogP contribution in [0.1, 0.15) is 38.9 Å². The number of nitrogens with zero attached hydrogens (tertiary/aromatic N) is 3. The van der Waals surface area contributed by atoms with Crippen molar-refractivity contribution in [2.75, 3.05) is 6.54 Å². The van der Waals surface area contributed by atoms with Gasteiger partial charge in [-0.05, 0) is 25.2 Å². The molecule has 1 aromatic heterocycles. The van der Waals surface area contributed by atoms with Crippen LogP contribution in [0.15, 0.2) is 12.4 Å². The molecule has 0 spiro atoms. The Kier molecular flexibility index (Phi) is 4.81. The van der Waals surface area contributed by atoms with Gasteiger partial charge in [-0.3, -0.25) is 4.79 Å². The van der Waals surface area contributed by atoms with Crippen LogP contribution >= 0.6 is 0 Å². The third-order valence-electron chi connectivity index (χ3n) is 3.89. The minimum atomic E-state index is -0.0594. The highest BCUT2D eigenvalue weighted by molar-refractivity contribution is 5.79. The number of rotatable bonds is 7. The molecule has 1 unspecified atom stereocenters. The van der Waals surface area contributed by atoms with Crippen LogP contribution in [0.4, 0.5) is 0 Å². The van der Waals surface area contributed by atoms with Crippen molar-refractivity contribution in [2.45, 2.75) is 45.7 Å². The van der Waals surface area contributed by atoms with E-state index in [-0.39, 0.29) is 11.8 Å². The monoisotopic (exact) mass is 278 g/mol. The van der Waals surface area contributed by atoms with Gasteiger partial charge in [-0.1, -0.05) is 13.8 Å². The first kappa shape index (κ1) is 15.0. The Morgan fingerprint density at radius 1 is 1.55 bits per heavy atom. The third kappa shape index (κ3) is 3.60. The minimum Gasteiger partial charge on any atom is -0.337 e. The van der Waals surface area contributed by atoms with E-state index in [1.165, 1.54) is 0 Å². The van der Waals surface area contributed by atoms with Gasteiger partial charge >= 0.3 is 0 Å². The van der Waals surface area contributed by atoms with E-state index in [0.29, 0.717) is 25.0 Å². The number of aryl methyl sites for hydroxylation is 1. The lowest BCUT2D eigenvalue weighted by Crippen LogP contribution is -2.41. The summed E-state index contributed by atoms with van der Waals surface area (Å²) in [4.78, 5) is 19.1. The summed E-state index contributed by atoms with van der Waals surface area (Å²) in [5.41, 5.74) is 5.82. The molecular formula is C15H26N4O. The van der Waals surface area contributed by atoms with E-state index in [4.69, 9.17) is 5.73 Å². The Morgan fingerprint density at radius 2 is 2.25 bits per heavy atom. The lowest BCUT2D eigenvalue weighted by atomic mass is 9.95. The molecule has 1 fully saturated rings. The first-order valence-corrected chi connectivity index (χ1v) is 7.49. The fraction of sp³-hybridized carbons (Fsp3) is 0.733. The van der Waals surface area contributed by atoms with Crippen molar-refractivity contribution in [3.05, 3.63) is 18.2 Å². The summed E-state index contributed by atoms with van der Waals surface area (Å²) in [6, 6.07) is 0.389. The first-order valence-electron chi connectivity index (χ1n) is 7.49. The van der Waals surface area contributed by atoms with Gasteiger partial charge in [0.1, 0.15) is 5.82 Å². The van der Waals surface area contributed by atoms with Crippen molar-refractivity contribution >= 4 is 5.91 Å². The van der Waals surface area contributed by atoms with Crippen LogP contribution in [0, 0.1) is 11.8 Å². The van der Waals surface area contributed by atoms with Gasteiger partial charge in [0.05, 0.1) is 12.5 Å². The molecule has 1 atom stereocenters. The first-order chi connectivity index (χ1) is 9.52. The molecule has 0 aliphatic heterocycles. The highest BCUT2D eigenvalue weighted by Gasteiger charge is 2.36. The molecule has 1 aliphatic rings. The van der Waals surface area contributed by atoms with Gasteiger partial charge in [0, 0.05) is 32.0 Å². The van der Waals surface area contributed by atoms with Gasteiger partial charge in [0.15, 0.2) is 0 Å². The molecule has 20 heavy (non-hydrogen) atoms. The molecule has 0 saturated heterocycles. The predicted molar refractivity (Wildman–Crippen MR) is 78.8 cm³/mol. The smallest absolute Gasteiger partial charge is 0.227 e. The Morgan fingerprint density at radius 3 is 2.70 bits per heavy atom. The van der Waals surface area contributed by atoms with Crippen molar-refractivity contribution < 1.29 is 4.79 Å². The average molecular weight is 278 g/mol. The molecule has 5 heteroatoms. The van der Waals surface area contributed by atoms with Gasteiger partial charge in [-0.2, -0.15) is 0 Å². The van der Waals surface area contributed by atoms with E-state index in [0.717, 1.165) is 25.1 Å². The van der Waals surface area contributed by atoms with Gasteiger partial charge in [0.25, 0.3) is 0 Å². The summed E-state index contributed by atoms with van der Waals surface area (Å²) >= 11 is 0. The number of hydrogen-bond acceptors (Lipinski definition) is 3. The van der Waals surface area contributed by atoms with E-state index in [1.54, 1.807) is 6.20 Å². The molecule has 2 rings (SSSR count). The Balaban J connectivity index is 2.07. The van der Waals surface area contributed by atoms with E-state index in [2.05, 4.69) is 18.8 Å². The fourth-order valence-corrected chi connectivity index (χ4v) is 2.58. The number of aromatic nitrogens is 2. The lowest BCUT2D eigenvalue weighted by molar-refractivity contribution is -0.137. The molecule has 0 bridgehead atoms. The van der Waals surface area contributed by atoms with E-state index >= 15 is 0 Å². The number of nitrogens with two attached hydrogens (primary N) is 1. The van der Waals surface area contributed by atoms with E-state index in [9.17, 15) is 4.79 Å². The van der Waals surface area contributed by atoms with Crippen LogP contribution in [-0.4, -0.2) is 32.9 Å². The van der Waals surface area contributed by atoms with Crippen LogP contribution in [0.3, 0.4) is 0 Å². The van der Waals surface area contributed by atoms with Crippen molar-refractivity contribution in [1.82, 2.24) is 14.5 Å². The van der Waals surface area contributed by atoms with E-state index < -0.39 is 0 Å². The highest BCUT2D eigenvalue weighted by Crippen LogP contribution is 2.30. The molecule has 1 amide bonds. The second kappa shape index (κ2) is 6.39. The van der Waals surface area contributed by atoms with Crippen LogP contribution in [0.5, 0.6) is 0 Å². The topological polar surface area (TPSA) is 64.2 Å². The summed E-state index contributed by atoms with van der Waals surface area (Å²) < 4.78 is 1.97. The zero-order valence-corrected chi connectivity index (χ0v) is 12.7. The molecule has 1 heterocycles. The number of imidazole rings is 1. The molecule has 1 aromatic rings. The molecule has 112 valence electrons. The number of carbonyl (C=O) groups is 1. The molecule has 1 saturated carbocycles. The molecule has 0 aromatic carbocycles. The van der Waals surface area contributed by atoms with Crippen molar-refractivity contribution in [2.24, 2.45) is 24.6 Å². The van der Waals surface area contributed by atoms with Crippen molar-refractivity contribution in [3.8, 4) is 0 Å². The second-order valence-electron chi connectivity index (χ2n) is 6.21. The summed E-state index contributed by atoms with van der Waals surface area (Å²) in [5, 5.41) is 0. The zero-order valence-electron chi connectivity index (χ0n) is 12.7. The standard InChI is InChI=1S/C15H26N4O/c1-11(2)8-12(9-16)15(20)19(13-4-5-13)10-14-17-6-7-18(14)3/h6-7,11-13H,4-5,8-10,16H2,1-3H3. The maximum Gasteiger partial charge on any atom is 0.227 e. The van der Waals surface area contributed by atoms with Crippen LogP contribution in [0.2, 0.25) is 0 Å². The van der Waals surface area contributed by atoms with Gasteiger partial charge in [-0.15, -0.1) is 0 Å². The Hall–Kier alpha value is -1.36. The molecular weight excluding hydrogens is 252 g/mol. The highest BCUT2D eigenvalue weighted by atomic mass is 16.2. The normalized spacial score (nSPS) is 16.4. The molecule has 2 N–H and O–H groups in total. The Labute approximate surface area is 121 Å². The van der Waals surface area contributed by atoms with Gasteiger partial charge in [-0.25, -0.2) is 4.98 Å². The van der Waals surface area contributed by atoms with Gasteiger partial charge in [0.2, 0.25) is 5.91 Å². The van der Waals surface area contributed by atoms with Crippen LogP contribution < -0.4 is 5.73 Å². The SMILES string of the molecule is CC(C)CC(CN)C(=O)N(Cc1nccn1C)C1CC1. The second-order valence-corrected chi connectivity index (χ2v) is 6.21. The van der Waals surface area contributed by atoms with Crippen LogP contribution in [0.25, 0.3) is 0 Å². The number of amides is 1. The van der Waals surface area contributed by atoms with E-state index in [1.807, 2.05) is 22.7 Å². The summed E-state index contributed by atoms with van der Waals surface area (Å²) in [6.07, 6.45) is 6.77. The molecule has 0 radical (unpaired) electrons. The molecule has 5 nitrogen and oxygen atoms in total. The quantitative estimate of drug-likeness (QED) is 0.822. The summed E-state index contributed by atoms with van der Waals surface area (Å²) in [6.45, 7) is 5.30. The van der Waals surface area contributed by atoms with Crippen LogP contribution in [-0.2, 0) is 18.4 Å². The third-order valence-corrected chi connectivity index (χ3v) is 3.89. The van der Waals surface area contributed by atoms with Crippen molar-refractivity contribution in [3.63, 3.8) is 0 Å². The van der Waals surface area contributed by atoms with Gasteiger partial charge < -0.3 is 15.2 Å². The average Bonchev–Trinajstić information content (AvgIpc) is 3.16. The zero-order chi connectivity index (χ0) is 14.7. The predicted octanol–water partition coefficient (Wildman–Crippen LogP) is 1.53. The summed E-state index contributed by atoms with van der Waals surface area (Å²) in [5.74, 6) is 1.56.